The largest absolute Gasteiger partial charge is 0.464 e. The molecule has 23 heavy (non-hydrogen) atoms. The molecule has 2 rings (SSSR count). The van der Waals surface area contributed by atoms with Gasteiger partial charge in [-0.2, -0.15) is 0 Å². The van der Waals surface area contributed by atoms with E-state index in [-0.39, 0.29) is 27.5 Å². The van der Waals surface area contributed by atoms with Crippen LogP contribution < -0.4 is 10.6 Å². The number of alkyl halides is 1. The number of carbonyl (C=O) groups is 2. The van der Waals surface area contributed by atoms with E-state index >= 15 is 0 Å². The molecule has 1 aromatic rings. The highest BCUT2D eigenvalue weighted by molar-refractivity contribution is 6.35. The number of amides is 1. The number of carbonyl (C=O) groups excluding carboxylic acids is 2. The highest BCUT2D eigenvalue weighted by Crippen LogP contribution is 2.36. The van der Waals surface area contributed by atoms with E-state index < -0.39 is 11.0 Å². The minimum atomic E-state index is -1.36. The topological polar surface area (TPSA) is 80.3 Å². The molecule has 6 nitrogen and oxygen atoms in total. The highest BCUT2D eigenvalue weighted by atomic mass is 35.5. The van der Waals surface area contributed by atoms with E-state index in [9.17, 15) is 9.59 Å². The number of methoxy groups -OCH3 is 1. The number of halogens is 3. The van der Waals surface area contributed by atoms with Gasteiger partial charge in [0.05, 0.1) is 17.8 Å². The van der Waals surface area contributed by atoms with Crippen molar-refractivity contribution in [2.45, 2.75) is 11.9 Å². The molecule has 1 unspecified atom stereocenters. The minimum absolute atomic E-state index is 0.00903. The first kappa shape index (κ1) is 17.6. The number of pyridine rings is 1. The molecular formula is C14H12Cl3N3O3. The average Bonchev–Trinajstić information content (AvgIpc) is 2.50. The molecule has 0 bridgehead atoms. The lowest BCUT2D eigenvalue weighted by Crippen LogP contribution is -2.43. The number of nitrogens with one attached hydrogen (secondary N) is 2. The van der Waals surface area contributed by atoms with Crippen molar-refractivity contribution < 1.29 is 14.3 Å². The summed E-state index contributed by atoms with van der Waals surface area (Å²) in [7, 11) is 1.21. The molecule has 1 amide bonds. The lowest BCUT2D eigenvalue weighted by molar-refractivity contribution is -0.136. The van der Waals surface area contributed by atoms with Crippen molar-refractivity contribution in [1.29, 1.82) is 0 Å². The first-order valence-electron chi connectivity index (χ1n) is 6.35. The maximum Gasteiger partial charge on any atom is 0.355 e. The van der Waals surface area contributed by atoms with Crippen LogP contribution in [0.25, 0.3) is 0 Å². The second kappa shape index (κ2) is 6.78. The lowest BCUT2D eigenvalue weighted by atomic mass is 10.0. The molecule has 2 N–H and O–H groups in total. The number of ether oxygens (including phenoxy) is 1. The van der Waals surface area contributed by atoms with Crippen molar-refractivity contribution >= 4 is 46.7 Å². The number of nitrogens with zero attached hydrogens (tertiary/aromatic N) is 1. The molecule has 0 saturated heterocycles. The summed E-state index contributed by atoms with van der Waals surface area (Å²) in [5.74, 6) is -1.09. The summed E-state index contributed by atoms with van der Waals surface area (Å²) in [6.07, 6.45) is 2.91. The first-order chi connectivity index (χ1) is 10.8. The molecule has 1 atom stereocenters. The molecule has 0 fully saturated rings. The Morgan fingerprint density at radius 3 is 2.57 bits per heavy atom. The summed E-state index contributed by atoms with van der Waals surface area (Å²) in [5.41, 5.74) is 0.602. The molecule has 1 aliphatic heterocycles. The second-order valence-corrected chi connectivity index (χ2v) is 5.99. The van der Waals surface area contributed by atoms with Crippen LogP contribution in [0, 0.1) is 0 Å². The third-order valence-corrected chi connectivity index (χ3v) is 3.99. The van der Waals surface area contributed by atoms with Gasteiger partial charge < -0.3 is 15.4 Å². The third kappa shape index (κ3) is 3.77. The number of rotatable bonds is 3. The number of allylic oxidation sites excluding steroid dienone is 1. The van der Waals surface area contributed by atoms with Gasteiger partial charge in [0.15, 0.2) is 5.00 Å². The summed E-state index contributed by atoms with van der Waals surface area (Å²) in [6, 6.07) is 3.18. The van der Waals surface area contributed by atoms with E-state index in [0.717, 1.165) is 0 Å². The highest BCUT2D eigenvalue weighted by Gasteiger charge is 2.37. The first-order valence-corrected chi connectivity index (χ1v) is 7.48. The molecule has 2 heterocycles. The Morgan fingerprint density at radius 1 is 1.35 bits per heavy atom. The zero-order chi connectivity index (χ0) is 17.2. The van der Waals surface area contributed by atoms with Gasteiger partial charge in [-0.3, -0.25) is 4.79 Å². The van der Waals surface area contributed by atoms with E-state index in [4.69, 9.17) is 34.8 Å². The van der Waals surface area contributed by atoms with Crippen molar-refractivity contribution in [3.8, 4) is 0 Å². The smallest absolute Gasteiger partial charge is 0.355 e. The fourth-order valence-corrected chi connectivity index (χ4v) is 2.59. The quantitative estimate of drug-likeness (QED) is 0.366. The van der Waals surface area contributed by atoms with Crippen molar-refractivity contribution in [2.75, 3.05) is 7.11 Å². The van der Waals surface area contributed by atoms with Gasteiger partial charge in [0.1, 0.15) is 10.9 Å². The zero-order valence-corrected chi connectivity index (χ0v) is 14.4. The molecule has 9 heteroatoms. The number of dihydropyridines is 1. The van der Waals surface area contributed by atoms with Gasteiger partial charge in [-0.15, -0.1) is 0 Å². The predicted molar refractivity (Wildman–Crippen MR) is 86.7 cm³/mol. The van der Waals surface area contributed by atoms with E-state index in [1.807, 2.05) is 0 Å². The van der Waals surface area contributed by atoms with Crippen LogP contribution in [0.1, 0.15) is 12.5 Å². The fourth-order valence-electron chi connectivity index (χ4n) is 1.94. The normalized spacial score (nSPS) is 20.5. The van der Waals surface area contributed by atoms with Crippen LogP contribution in [-0.2, 0) is 19.3 Å². The molecule has 0 aromatic carbocycles. The van der Waals surface area contributed by atoms with Gasteiger partial charge in [0, 0.05) is 18.7 Å². The van der Waals surface area contributed by atoms with E-state index in [1.54, 1.807) is 12.1 Å². The lowest BCUT2D eigenvalue weighted by Gasteiger charge is -2.32. The van der Waals surface area contributed by atoms with Crippen LogP contribution in [0.5, 0.6) is 0 Å². The van der Waals surface area contributed by atoms with Crippen LogP contribution in [0.2, 0.25) is 5.15 Å². The van der Waals surface area contributed by atoms with Crippen LogP contribution in [0.15, 0.2) is 40.8 Å². The van der Waals surface area contributed by atoms with Crippen LogP contribution in [0.4, 0.5) is 0 Å². The number of esters is 1. The molecule has 0 aliphatic carbocycles. The van der Waals surface area contributed by atoms with E-state index in [1.165, 1.54) is 26.3 Å². The molecule has 0 spiro atoms. The summed E-state index contributed by atoms with van der Waals surface area (Å²) in [6.45, 7) is 1.31. The van der Waals surface area contributed by atoms with Gasteiger partial charge in [-0.05, 0) is 12.1 Å². The Morgan fingerprint density at radius 2 is 2.04 bits per heavy atom. The van der Waals surface area contributed by atoms with Crippen LogP contribution in [0.3, 0.4) is 0 Å². The monoisotopic (exact) mass is 375 g/mol. The maximum absolute atomic E-state index is 11.9. The van der Waals surface area contributed by atoms with Crippen molar-refractivity contribution in [2.24, 2.45) is 0 Å². The number of aromatic nitrogens is 1. The molecule has 1 aromatic heterocycles. The van der Waals surface area contributed by atoms with E-state index in [0.29, 0.717) is 5.56 Å². The predicted octanol–water partition coefficient (Wildman–Crippen LogP) is 2.37. The summed E-state index contributed by atoms with van der Waals surface area (Å²) >= 11 is 18.5. The van der Waals surface area contributed by atoms with Gasteiger partial charge in [-0.25, -0.2) is 9.78 Å². The summed E-state index contributed by atoms with van der Waals surface area (Å²) in [5, 5.41) is 5.61. The summed E-state index contributed by atoms with van der Waals surface area (Å²) < 4.78 is 4.68. The molecule has 0 radical (unpaired) electrons. The maximum atomic E-state index is 11.9. The molecule has 122 valence electrons. The Labute approximate surface area is 147 Å². The Bertz CT molecular complexity index is 716. The standard InChI is InChI=1S/C14H12Cl3N3O3/c1-7(21)19-9-5-14(17,8-3-4-10(15)18-6-8)20-12(11(9)16)13(22)23-2/h3-6,20H,1-2H3,(H,19,21). The van der Waals surface area contributed by atoms with Crippen molar-refractivity contribution in [3.05, 3.63) is 51.5 Å². The van der Waals surface area contributed by atoms with Crippen LogP contribution >= 0.6 is 34.8 Å². The Kier molecular flexibility index (Phi) is 5.19. The van der Waals surface area contributed by atoms with Crippen LogP contribution in [-0.4, -0.2) is 24.0 Å². The van der Waals surface area contributed by atoms with Gasteiger partial charge in [0.25, 0.3) is 0 Å². The van der Waals surface area contributed by atoms with Crippen molar-refractivity contribution in [1.82, 2.24) is 15.6 Å². The summed E-state index contributed by atoms with van der Waals surface area (Å²) in [4.78, 5) is 25.9. The Balaban J connectivity index is 2.53. The number of hydrogen-bond acceptors (Lipinski definition) is 5. The average molecular weight is 377 g/mol. The minimum Gasteiger partial charge on any atom is -0.464 e. The molecular weight excluding hydrogens is 365 g/mol. The second-order valence-electron chi connectivity index (χ2n) is 4.63. The van der Waals surface area contributed by atoms with Gasteiger partial charge in [0.2, 0.25) is 5.91 Å². The fraction of sp³-hybridized carbons (Fsp3) is 0.214. The Hall–Kier alpha value is -1.76. The zero-order valence-electron chi connectivity index (χ0n) is 12.1. The third-order valence-electron chi connectivity index (χ3n) is 2.95. The molecule has 1 aliphatic rings. The van der Waals surface area contributed by atoms with Crippen molar-refractivity contribution in [3.63, 3.8) is 0 Å². The molecule has 0 saturated carbocycles. The van der Waals surface area contributed by atoms with Gasteiger partial charge >= 0.3 is 5.97 Å². The SMILES string of the molecule is COC(=O)C1=C(Cl)C(NC(C)=O)=CC(Cl)(c2ccc(Cl)nc2)N1. The number of hydrogen-bond donors (Lipinski definition) is 2. The van der Waals surface area contributed by atoms with E-state index in [2.05, 4.69) is 20.4 Å². The van der Waals surface area contributed by atoms with Gasteiger partial charge in [-0.1, -0.05) is 40.9 Å².